The Morgan fingerprint density at radius 3 is 1.37 bits per heavy atom. The second kappa shape index (κ2) is 4.72. The third-order valence-electron chi connectivity index (χ3n) is 3.05. The highest BCUT2D eigenvalue weighted by atomic mass is 19.1. The molecule has 0 fully saturated rings. The van der Waals surface area contributed by atoms with Crippen molar-refractivity contribution in [3.8, 4) is 0 Å². The number of anilines is 2. The third kappa shape index (κ3) is 2.42. The maximum Gasteiger partial charge on any atom is 0.123 e. The van der Waals surface area contributed by atoms with Crippen LogP contribution < -0.4 is 9.80 Å². The summed E-state index contributed by atoms with van der Waals surface area (Å²) in [6.07, 6.45) is 3.83. The minimum absolute atomic E-state index is 0.248. The predicted octanol–water partition coefficient (Wildman–Crippen LogP) is 3.72. The first-order valence-corrected chi connectivity index (χ1v) is 5.95. The number of nitrogens with zero attached hydrogens (tertiary/aromatic N) is 2. The van der Waals surface area contributed by atoms with E-state index in [1.165, 1.54) is 24.3 Å². The molecule has 0 bridgehead atoms. The Morgan fingerprint density at radius 2 is 1.00 bits per heavy atom. The number of hydrogen-bond donors (Lipinski definition) is 0. The number of hydrogen-bond acceptors (Lipinski definition) is 2. The van der Waals surface area contributed by atoms with Gasteiger partial charge < -0.3 is 9.80 Å². The molecule has 19 heavy (non-hydrogen) atoms. The van der Waals surface area contributed by atoms with Crippen molar-refractivity contribution >= 4 is 11.4 Å². The first kappa shape index (κ1) is 11.7. The molecule has 0 aromatic heterocycles. The van der Waals surface area contributed by atoms with Crippen molar-refractivity contribution in [2.75, 3.05) is 16.5 Å². The van der Waals surface area contributed by atoms with Crippen LogP contribution in [0.2, 0.25) is 0 Å². The van der Waals surface area contributed by atoms with Gasteiger partial charge in [0.15, 0.2) is 0 Å². The lowest BCUT2D eigenvalue weighted by molar-refractivity contribution is 0.627. The number of benzene rings is 2. The maximum absolute atomic E-state index is 12.9. The fraction of sp³-hybridized carbons (Fsp3) is 0.0667. The Kier molecular flexibility index (Phi) is 2.91. The lowest BCUT2D eigenvalue weighted by atomic mass is 10.3. The smallest absolute Gasteiger partial charge is 0.123 e. The molecule has 2 aromatic rings. The largest absolute Gasteiger partial charge is 0.328 e. The molecular formula is C15H12F2N2. The van der Waals surface area contributed by atoms with Gasteiger partial charge in [0.1, 0.15) is 11.6 Å². The maximum atomic E-state index is 12.9. The van der Waals surface area contributed by atoms with Crippen LogP contribution in [0.3, 0.4) is 0 Å². The van der Waals surface area contributed by atoms with E-state index in [4.69, 9.17) is 0 Å². The standard InChI is InChI=1S/C15H12F2N2/c16-12-1-5-14(6-2-12)18-9-10-19(11-18)15-7-3-13(17)4-8-15/h1-10H,11H2. The Balaban J connectivity index is 1.76. The fourth-order valence-corrected chi connectivity index (χ4v) is 2.02. The van der Waals surface area contributed by atoms with Crippen LogP contribution in [0.4, 0.5) is 20.2 Å². The van der Waals surface area contributed by atoms with Gasteiger partial charge in [0.05, 0.1) is 6.67 Å². The molecule has 0 spiro atoms. The van der Waals surface area contributed by atoms with Crippen molar-refractivity contribution in [2.45, 2.75) is 0 Å². The molecule has 0 saturated carbocycles. The van der Waals surface area contributed by atoms with E-state index in [0.29, 0.717) is 6.67 Å². The van der Waals surface area contributed by atoms with Crippen LogP contribution in [-0.2, 0) is 0 Å². The number of halogens is 2. The zero-order valence-electron chi connectivity index (χ0n) is 10.1. The molecule has 0 saturated heterocycles. The Labute approximate surface area is 110 Å². The minimum atomic E-state index is -0.248. The van der Waals surface area contributed by atoms with E-state index in [-0.39, 0.29) is 11.6 Å². The fourth-order valence-electron chi connectivity index (χ4n) is 2.02. The minimum Gasteiger partial charge on any atom is -0.328 e. The van der Waals surface area contributed by atoms with E-state index >= 15 is 0 Å². The van der Waals surface area contributed by atoms with E-state index in [1.807, 2.05) is 22.2 Å². The number of rotatable bonds is 2. The van der Waals surface area contributed by atoms with Crippen LogP contribution in [0.25, 0.3) is 0 Å². The first-order chi connectivity index (χ1) is 9.22. The molecule has 0 N–H and O–H groups in total. The molecule has 0 atom stereocenters. The van der Waals surface area contributed by atoms with Gasteiger partial charge >= 0.3 is 0 Å². The summed E-state index contributed by atoms with van der Waals surface area (Å²) in [5.41, 5.74) is 1.84. The van der Waals surface area contributed by atoms with Gasteiger partial charge in [-0.05, 0) is 48.5 Å². The highest BCUT2D eigenvalue weighted by molar-refractivity contribution is 5.58. The molecule has 96 valence electrons. The second-order valence-electron chi connectivity index (χ2n) is 4.33. The van der Waals surface area contributed by atoms with E-state index in [2.05, 4.69) is 0 Å². The van der Waals surface area contributed by atoms with Crippen LogP contribution >= 0.6 is 0 Å². The molecule has 4 heteroatoms. The highest BCUT2D eigenvalue weighted by Crippen LogP contribution is 2.24. The molecule has 1 heterocycles. The lowest BCUT2D eigenvalue weighted by Gasteiger charge is -2.21. The average molecular weight is 258 g/mol. The summed E-state index contributed by atoms with van der Waals surface area (Å²) in [7, 11) is 0. The van der Waals surface area contributed by atoms with Crippen molar-refractivity contribution in [1.29, 1.82) is 0 Å². The summed E-state index contributed by atoms with van der Waals surface area (Å²) >= 11 is 0. The quantitative estimate of drug-likeness (QED) is 0.810. The van der Waals surface area contributed by atoms with Crippen LogP contribution in [0.1, 0.15) is 0 Å². The molecule has 3 rings (SSSR count). The summed E-state index contributed by atoms with van der Waals surface area (Å²) in [4.78, 5) is 3.98. The third-order valence-corrected chi connectivity index (χ3v) is 3.05. The van der Waals surface area contributed by atoms with E-state index < -0.39 is 0 Å². The van der Waals surface area contributed by atoms with Crippen LogP contribution in [0, 0.1) is 11.6 Å². The van der Waals surface area contributed by atoms with Crippen LogP contribution in [0.5, 0.6) is 0 Å². The monoisotopic (exact) mass is 258 g/mol. The molecular weight excluding hydrogens is 246 g/mol. The van der Waals surface area contributed by atoms with E-state index in [1.54, 1.807) is 24.3 Å². The summed E-state index contributed by atoms with van der Waals surface area (Å²) in [5.74, 6) is -0.496. The predicted molar refractivity (Wildman–Crippen MR) is 71.8 cm³/mol. The van der Waals surface area contributed by atoms with Crippen molar-refractivity contribution in [1.82, 2.24) is 0 Å². The lowest BCUT2D eigenvalue weighted by Crippen LogP contribution is -2.24. The van der Waals surface area contributed by atoms with Gasteiger partial charge in [-0.2, -0.15) is 0 Å². The summed E-state index contributed by atoms with van der Waals surface area (Å²) < 4.78 is 25.7. The summed E-state index contributed by atoms with van der Waals surface area (Å²) in [5, 5.41) is 0. The second-order valence-corrected chi connectivity index (χ2v) is 4.33. The Bertz CT molecular complexity index is 537. The zero-order chi connectivity index (χ0) is 13.2. The highest BCUT2D eigenvalue weighted by Gasteiger charge is 2.15. The van der Waals surface area contributed by atoms with Crippen LogP contribution in [-0.4, -0.2) is 6.67 Å². The van der Waals surface area contributed by atoms with Gasteiger partial charge in [0, 0.05) is 23.8 Å². The molecule has 1 aliphatic heterocycles. The molecule has 0 unspecified atom stereocenters. The first-order valence-electron chi connectivity index (χ1n) is 5.95. The van der Waals surface area contributed by atoms with Gasteiger partial charge in [0.25, 0.3) is 0 Å². The molecule has 0 amide bonds. The Hall–Kier alpha value is -2.36. The summed E-state index contributed by atoms with van der Waals surface area (Å²) in [6.45, 7) is 0.622. The topological polar surface area (TPSA) is 6.48 Å². The SMILES string of the molecule is Fc1ccc(N2C=CN(c3ccc(F)cc3)C2)cc1. The van der Waals surface area contributed by atoms with E-state index in [9.17, 15) is 8.78 Å². The molecule has 2 nitrogen and oxygen atoms in total. The average Bonchev–Trinajstić information content (AvgIpc) is 2.90. The molecule has 0 radical (unpaired) electrons. The van der Waals surface area contributed by atoms with E-state index in [0.717, 1.165) is 11.4 Å². The van der Waals surface area contributed by atoms with Gasteiger partial charge in [-0.25, -0.2) is 8.78 Å². The zero-order valence-corrected chi connectivity index (χ0v) is 10.1. The normalized spacial score (nSPS) is 14.2. The van der Waals surface area contributed by atoms with Gasteiger partial charge in [0.2, 0.25) is 0 Å². The molecule has 0 aliphatic carbocycles. The molecule has 1 aliphatic rings. The summed E-state index contributed by atoms with van der Waals surface area (Å²) in [6, 6.07) is 12.7. The van der Waals surface area contributed by atoms with Gasteiger partial charge in [-0.3, -0.25) is 0 Å². The van der Waals surface area contributed by atoms with Gasteiger partial charge in [-0.15, -0.1) is 0 Å². The van der Waals surface area contributed by atoms with Crippen molar-refractivity contribution < 1.29 is 8.78 Å². The Morgan fingerprint density at radius 1 is 0.632 bits per heavy atom. The van der Waals surface area contributed by atoms with Crippen molar-refractivity contribution in [2.24, 2.45) is 0 Å². The van der Waals surface area contributed by atoms with Crippen molar-refractivity contribution in [3.63, 3.8) is 0 Å². The van der Waals surface area contributed by atoms with Crippen LogP contribution in [0.15, 0.2) is 60.9 Å². The van der Waals surface area contributed by atoms with Crippen molar-refractivity contribution in [3.05, 3.63) is 72.6 Å². The molecule has 2 aromatic carbocycles. The van der Waals surface area contributed by atoms with Gasteiger partial charge in [-0.1, -0.05) is 0 Å².